The first-order chi connectivity index (χ1) is 16.3. The number of rotatable bonds is 5. The SMILES string of the molecule is CCN(C(=O)Cn1nc(Cl)c2c(cnn2C2CCCCO2)c1=O)c1ccc2c(c1)OC(F)(F)O2. The van der Waals surface area contributed by atoms with Crippen molar-refractivity contribution in [3.8, 4) is 11.5 Å². The number of aromatic nitrogens is 4. The van der Waals surface area contributed by atoms with Gasteiger partial charge >= 0.3 is 6.29 Å². The monoisotopic (exact) mass is 495 g/mol. The van der Waals surface area contributed by atoms with Crippen LogP contribution in [0.15, 0.2) is 29.2 Å². The molecule has 2 aliphatic heterocycles. The third-order valence-corrected chi connectivity index (χ3v) is 5.95. The predicted octanol–water partition coefficient (Wildman–Crippen LogP) is 3.32. The molecule has 4 heterocycles. The molecule has 1 amide bonds. The molecule has 1 saturated heterocycles. The third kappa shape index (κ3) is 3.96. The van der Waals surface area contributed by atoms with Gasteiger partial charge in [0, 0.05) is 24.9 Å². The first kappa shape index (κ1) is 22.5. The van der Waals surface area contributed by atoms with E-state index in [0.29, 0.717) is 17.8 Å². The summed E-state index contributed by atoms with van der Waals surface area (Å²) in [5.74, 6) is -0.821. The molecule has 10 nitrogen and oxygen atoms in total. The topological polar surface area (TPSA) is 101 Å². The highest BCUT2D eigenvalue weighted by molar-refractivity contribution is 6.33. The molecule has 0 radical (unpaired) electrons. The maximum atomic E-state index is 13.3. The number of alkyl halides is 2. The average Bonchev–Trinajstić information content (AvgIpc) is 3.38. The number of likely N-dealkylation sites (N-methyl/N-ethyl adjacent to an activating group) is 1. The number of hydrogen-bond acceptors (Lipinski definition) is 7. The lowest BCUT2D eigenvalue weighted by Crippen LogP contribution is -2.37. The van der Waals surface area contributed by atoms with Crippen LogP contribution in [0, 0.1) is 0 Å². The normalized spacial score (nSPS) is 18.9. The lowest BCUT2D eigenvalue weighted by Gasteiger charge is -2.23. The second-order valence-corrected chi connectivity index (χ2v) is 8.22. The lowest BCUT2D eigenvalue weighted by molar-refractivity contribution is -0.286. The minimum absolute atomic E-state index is 0.0161. The van der Waals surface area contributed by atoms with Crippen molar-refractivity contribution in [3.63, 3.8) is 0 Å². The van der Waals surface area contributed by atoms with Gasteiger partial charge in [0.15, 0.2) is 22.9 Å². The average molecular weight is 496 g/mol. The Morgan fingerprint density at radius 2 is 2.09 bits per heavy atom. The van der Waals surface area contributed by atoms with Gasteiger partial charge in [-0.25, -0.2) is 9.36 Å². The summed E-state index contributed by atoms with van der Waals surface area (Å²) in [4.78, 5) is 27.4. The Balaban J connectivity index is 1.42. The van der Waals surface area contributed by atoms with Crippen LogP contribution in [0.3, 0.4) is 0 Å². The second kappa shape index (κ2) is 8.51. The highest BCUT2D eigenvalue weighted by Crippen LogP contribution is 2.42. The molecule has 0 aliphatic carbocycles. The van der Waals surface area contributed by atoms with E-state index in [-0.39, 0.29) is 34.8 Å². The number of amides is 1. The van der Waals surface area contributed by atoms with Crippen molar-refractivity contribution in [3.05, 3.63) is 39.9 Å². The van der Waals surface area contributed by atoms with Gasteiger partial charge < -0.3 is 19.1 Å². The zero-order chi connectivity index (χ0) is 24.0. The molecule has 1 atom stereocenters. The zero-order valence-electron chi connectivity index (χ0n) is 18.0. The number of nitrogens with zero attached hydrogens (tertiary/aromatic N) is 5. The molecular weight excluding hydrogens is 476 g/mol. The van der Waals surface area contributed by atoms with Crippen molar-refractivity contribution < 1.29 is 27.8 Å². The van der Waals surface area contributed by atoms with Crippen molar-refractivity contribution in [2.75, 3.05) is 18.1 Å². The molecule has 2 aromatic heterocycles. The first-order valence-electron chi connectivity index (χ1n) is 10.7. The predicted molar refractivity (Wildman–Crippen MR) is 116 cm³/mol. The minimum Gasteiger partial charge on any atom is -0.395 e. The van der Waals surface area contributed by atoms with Gasteiger partial charge in [0.2, 0.25) is 5.91 Å². The van der Waals surface area contributed by atoms with Crippen LogP contribution in [0.5, 0.6) is 11.5 Å². The van der Waals surface area contributed by atoms with Crippen LogP contribution in [0.1, 0.15) is 32.4 Å². The van der Waals surface area contributed by atoms with Gasteiger partial charge in [-0.2, -0.15) is 10.2 Å². The summed E-state index contributed by atoms with van der Waals surface area (Å²) in [6, 6.07) is 4.01. The van der Waals surface area contributed by atoms with Gasteiger partial charge in [-0.1, -0.05) is 11.6 Å². The number of hydrogen-bond donors (Lipinski definition) is 0. The molecule has 0 N–H and O–H groups in total. The van der Waals surface area contributed by atoms with Crippen LogP contribution < -0.4 is 19.9 Å². The summed E-state index contributed by atoms with van der Waals surface area (Å²) in [5.41, 5.74) is 0.123. The molecular formula is C21H20ClF2N5O5. The number of ether oxygens (including phenoxy) is 3. The standard InChI is InChI=1S/C21H20ClF2N5O5/c1-2-27(12-6-7-14-15(9-12)34-21(23,24)33-14)16(30)11-28-20(31)13-10-25-29(18(13)19(22)26-28)17-5-3-4-8-32-17/h6-7,9-10,17H,2-5,8,11H2,1H3. The fourth-order valence-electron chi connectivity index (χ4n) is 4.13. The molecule has 3 aromatic rings. The summed E-state index contributed by atoms with van der Waals surface area (Å²) >= 11 is 6.39. The van der Waals surface area contributed by atoms with E-state index in [2.05, 4.69) is 19.7 Å². The zero-order valence-corrected chi connectivity index (χ0v) is 18.8. The molecule has 5 rings (SSSR count). The Morgan fingerprint density at radius 3 is 2.82 bits per heavy atom. The number of benzene rings is 1. The van der Waals surface area contributed by atoms with Crippen LogP contribution in [0.4, 0.5) is 14.5 Å². The number of halogens is 3. The summed E-state index contributed by atoms with van der Waals surface area (Å²) in [6.07, 6.45) is -0.0557. The van der Waals surface area contributed by atoms with E-state index in [4.69, 9.17) is 16.3 Å². The molecule has 13 heteroatoms. The maximum absolute atomic E-state index is 13.3. The molecule has 1 fully saturated rings. The Hall–Kier alpha value is -3.25. The molecule has 34 heavy (non-hydrogen) atoms. The highest BCUT2D eigenvalue weighted by atomic mass is 35.5. The molecule has 1 aromatic carbocycles. The Morgan fingerprint density at radius 1 is 1.29 bits per heavy atom. The lowest BCUT2D eigenvalue weighted by atomic mass is 10.2. The van der Waals surface area contributed by atoms with Crippen molar-refractivity contribution in [1.29, 1.82) is 0 Å². The van der Waals surface area contributed by atoms with Gasteiger partial charge in [0.25, 0.3) is 5.56 Å². The van der Waals surface area contributed by atoms with Crippen LogP contribution >= 0.6 is 11.6 Å². The van der Waals surface area contributed by atoms with Crippen molar-refractivity contribution in [1.82, 2.24) is 19.6 Å². The van der Waals surface area contributed by atoms with E-state index in [1.54, 1.807) is 11.6 Å². The van der Waals surface area contributed by atoms with Crippen LogP contribution in [0.2, 0.25) is 5.15 Å². The number of fused-ring (bicyclic) bond motifs is 2. The third-order valence-electron chi connectivity index (χ3n) is 5.69. The fourth-order valence-corrected chi connectivity index (χ4v) is 4.41. The largest absolute Gasteiger partial charge is 0.586 e. The summed E-state index contributed by atoms with van der Waals surface area (Å²) in [5, 5.41) is 8.63. The number of carbonyl (C=O) groups is 1. The maximum Gasteiger partial charge on any atom is 0.586 e. The number of anilines is 1. The fraction of sp³-hybridized carbons (Fsp3) is 0.429. The van der Waals surface area contributed by atoms with E-state index in [0.717, 1.165) is 23.9 Å². The Kier molecular flexibility index (Phi) is 5.64. The first-order valence-corrected chi connectivity index (χ1v) is 11.1. The van der Waals surface area contributed by atoms with Gasteiger partial charge in [0.1, 0.15) is 12.1 Å². The van der Waals surface area contributed by atoms with Crippen molar-refractivity contribution >= 4 is 34.1 Å². The molecule has 0 spiro atoms. The Bertz CT molecular complexity index is 1320. The highest BCUT2D eigenvalue weighted by Gasteiger charge is 2.43. The van der Waals surface area contributed by atoms with E-state index in [1.807, 2.05) is 0 Å². The van der Waals surface area contributed by atoms with Crippen LogP contribution in [-0.2, 0) is 16.1 Å². The van der Waals surface area contributed by atoms with Gasteiger partial charge in [0.05, 0.1) is 11.6 Å². The van der Waals surface area contributed by atoms with E-state index < -0.39 is 24.3 Å². The molecule has 2 aliphatic rings. The van der Waals surface area contributed by atoms with Crippen molar-refractivity contribution in [2.45, 2.75) is 45.3 Å². The minimum atomic E-state index is -3.77. The number of carbonyl (C=O) groups excluding carboxylic acids is 1. The van der Waals surface area contributed by atoms with Crippen LogP contribution in [0.25, 0.3) is 10.9 Å². The van der Waals surface area contributed by atoms with Gasteiger partial charge in [-0.05, 0) is 38.3 Å². The van der Waals surface area contributed by atoms with Crippen molar-refractivity contribution in [2.24, 2.45) is 0 Å². The molecule has 180 valence electrons. The summed E-state index contributed by atoms with van der Waals surface area (Å²) < 4.78 is 43.8. The summed E-state index contributed by atoms with van der Waals surface area (Å²) in [6.45, 7) is 2.08. The summed E-state index contributed by atoms with van der Waals surface area (Å²) in [7, 11) is 0. The smallest absolute Gasteiger partial charge is 0.395 e. The van der Waals surface area contributed by atoms with E-state index in [1.165, 1.54) is 29.3 Å². The molecule has 0 bridgehead atoms. The molecule has 1 unspecified atom stereocenters. The molecule has 0 saturated carbocycles. The van der Waals surface area contributed by atoms with E-state index in [9.17, 15) is 18.4 Å². The second-order valence-electron chi connectivity index (χ2n) is 7.86. The van der Waals surface area contributed by atoms with Crippen LogP contribution in [-0.4, -0.2) is 44.9 Å². The Labute approximate surface area is 196 Å². The quantitative estimate of drug-likeness (QED) is 0.535. The van der Waals surface area contributed by atoms with E-state index >= 15 is 0 Å². The van der Waals surface area contributed by atoms with Gasteiger partial charge in [-0.3, -0.25) is 9.59 Å². The van der Waals surface area contributed by atoms with Gasteiger partial charge in [-0.15, -0.1) is 8.78 Å².